The fraction of sp³-hybridized carbons (Fsp3) is 0.143. The van der Waals surface area contributed by atoms with Crippen LogP contribution in [0.1, 0.15) is 0 Å². The van der Waals surface area contributed by atoms with E-state index in [0.717, 1.165) is 24.3 Å². The first-order valence-electron chi connectivity index (χ1n) is 6.23. The van der Waals surface area contributed by atoms with E-state index in [9.17, 15) is 23.3 Å². The number of nitrogens with one attached hydrogen (secondary N) is 1. The van der Waals surface area contributed by atoms with Crippen LogP contribution in [0.3, 0.4) is 0 Å². The molecule has 0 saturated heterocycles. The molecule has 22 heavy (non-hydrogen) atoms. The Morgan fingerprint density at radius 1 is 1.09 bits per heavy atom. The highest BCUT2D eigenvalue weighted by Crippen LogP contribution is 2.20. The van der Waals surface area contributed by atoms with Gasteiger partial charge in [0.2, 0.25) is 0 Å². The summed E-state index contributed by atoms with van der Waals surface area (Å²) in [7, 11) is 0. The van der Waals surface area contributed by atoms with E-state index in [0.29, 0.717) is 6.07 Å². The van der Waals surface area contributed by atoms with Gasteiger partial charge in [0.1, 0.15) is 12.4 Å². The molecule has 2 aromatic carbocycles. The largest absolute Gasteiger partial charge is 0.489 e. The maximum absolute atomic E-state index is 13.6. The van der Waals surface area contributed by atoms with Gasteiger partial charge in [0.15, 0.2) is 17.4 Å². The Kier molecular flexibility index (Phi) is 4.82. The summed E-state index contributed by atoms with van der Waals surface area (Å²) in [5.74, 6) is -2.44. The van der Waals surface area contributed by atoms with Crippen LogP contribution in [0, 0.1) is 27.6 Å². The molecule has 0 unspecified atom stereocenters. The van der Waals surface area contributed by atoms with Crippen molar-refractivity contribution in [2.45, 2.75) is 0 Å². The van der Waals surface area contributed by atoms with Crippen LogP contribution in [0.15, 0.2) is 36.4 Å². The van der Waals surface area contributed by atoms with Crippen LogP contribution in [0.2, 0.25) is 0 Å². The molecule has 0 fully saturated rings. The maximum Gasteiger partial charge on any atom is 0.272 e. The summed E-state index contributed by atoms with van der Waals surface area (Å²) in [6.45, 7) is 0.129. The number of halogens is 3. The van der Waals surface area contributed by atoms with Crippen molar-refractivity contribution >= 4 is 11.4 Å². The standard InChI is InChI=1S/C14H11F3N2O3/c15-9-1-4-14(12(17)7-9)22-6-5-18-13-3-2-10(19(20)21)8-11(13)16/h1-4,7-8,18H,5-6H2. The molecule has 0 aromatic heterocycles. The predicted octanol–water partition coefficient (Wildman–Crippen LogP) is 3.50. The van der Waals surface area contributed by atoms with Gasteiger partial charge in [0.05, 0.1) is 16.7 Å². The van der Waals surface area contributed by atoms with Gasteiger partial charge in [-0.25, -0.2) is 13.2 Å². The molecule has 1 N–H and O–H groups in total. The first-order valence-corrected chi connectivity index (χ1v) is 6.23. The van der Waals surface area contributed by atoms with Gasteiger partial charge in [-0.15, -0.1) is 0 Å². The van der Waals surface area contributed by atoms with E-state index >= 15 is 0 Å². The zero-order valence-corrected chi connectivity index (χ0v) is 11.2. The van der Waals surface area contributed by atoms with E-state index in [2.05, 4.69) is 5.32 Å². The topological polar surface area (TPSA) is 64.4 Å². The van der Waals surface area contributed by atoms with Crippen molar-refractivity contribution in [2.24, 2.45) is 0 Å². The molecular formula is C14H11F3N2O3. The zero-order valence-electron chi connectivity index (χ0n) is 11.2. The molecule has 116 valence electrons. The van der Waals surface area contributed by atoms with E-state index in [1.54, 1.807) is 0 Å². The Labute approximate surface area is 123 Å². The van der Waals surface area contributed by atoms with Crippen molar-refractivity contribution in [1.29, 1.82) is 0 Å². The number of hydrogen-bond donors (Lipinski definition) is 1. The average Bonchev–Trinajstić information content (AvgIpc) is 2.46. The third-order valence-electron chi connectivity index (χ3n) is 2.73. The number of hydrogen-bond acceptors (Lipinski definition) is 4. The third-order valence-corrected chi connectivity index (χ3v) is 2.73. The Morgan fingerprint density at radius 2 is 1.86 bits per heavy atom. The number of rotatable bonds is 6. The number of nitrogens with zero attached hydrogens (tertiary/aromatic N) is 1. The molecular weight excluding hydrogens is 301 g/mol. The molecule has 2 aromatic rings. The predicted molar refractivity (Wildman–Crippen MR) is 73.4 cm³/mol. The molecule has 5 nitrogen and oxygen atoms in total. The quantitative estimate of drug-likeness (QED) is 0.504. The molecule has 8 heteroatoms. The lowest BCUT2D eigenvalue weighted by Crippen LogP contribution is -2.13. The second-order valence-corrected chi connectivity index (χ2v) is 4.27. The lowest BCUT2D eigenvalue weighted by atomic mass is 10.2. The normalized spacial score (nSPS) is 10.3. The molecule has 0 amide bonds. The van der Waals surface area contributed by atoms with Crippen LogP contribution >= 0.6 is 0 Å². The first-order chi connectivity index (χ1) is 10.5. The SMILES string of the molecule is O=[N+]([O-])c1ccc(NCCOc2ccc(F)cc2F)c(F)c1. The summed E-state index contributed by atoms with van der Waals surface area (Å²) >= 11 is 0. The minimum Gasteiger partial charge on any atom is -0.489 e. The van der Waals surface area contributed by atoms with Gasteiger partial charge in [-0.2, -0.15) is 0 Å². The van der Waals surface area contributed by atoms with E-state index in [4.69, 9.17) is 4.74 Å². The number of nitro groups is 1. The summed E-state index contributed by atoms with van der Waals surface area (Å²) in [5, 5.41) is 13.1. The van der Waals surface area contributed by atoms with Gasteiger partial charge >= 0.3 is 0 Å². The first kappa shape index (κ1) is 15.6. The monoisotopic (exact) mass is 312 g/mol. The molecule has 0 saturated carbocycles. The van der Waals surface area contributed by atoms with Crippen molar-refractivity contribution in [2.75, 3.05) is 18.5 Å². The Bertz CT molecular complexity index is 695. The molecule has 0 aliphatic carbocycles. The van der Waals surface area contributed by atoms with E-state index < -0.39 is 22.4 Å². The number of anilines is 1. The van der Waals surface area contributed by atoms with Gasteiger partial charge in [-0.3, -0.25) is 10.1 Å². The number of non-ortho nitro benzene ring substituents is 1. The summed E-state index contributed by atoms with van der Waals surface area (Å²) in [4.78, 5) is 9.77. The van der Waals surface area contributed by atoms with Crippen LogP contribution in [0.25, 0.3) is 0 Å². The third kappa shape index (κ3) is 3.87. The van der Waals surface area contributed by atoms with Gasteiger partial charge in [-0.05, 0) is 18.2 Å². The van der Waals surface area contributed by atoms with Crippen LogP contribution in [-0.2, 0) is 0 Å². The highest BCUT2D eigenvalue weighted by molar-refractivity contribution is 5.50. The molecule has 0 atom stereocenters. The molecule has 0 aliphatic rings. The lowest BCUT2D eigenvalue weighted by molar-refractivity contribution is -0.385. The summed E-state index contributed by atoms with van der Waals surface area (Å²) in [6, 6.07) is 6.08. The highest BCUT2D eigenvalue weighted by Gasteiger charge is 2.10. The minimum absolute atomic E-state index is 0.00101. The van der Waals surface area contributed by atoms with E-state index in [1.165, 1.54) is 6.07 Å². The van der Waals surface area contributed by atoms with Crippen molar-refractivity contribution < 1.29 is 22.8 Å². The van der Waals surface area contributed by atoms with Crippen molar-refractivity contribution in [3.8, 4) is 5.75 Å². The molecule has 0 radical (unpaired) electrons. The average molecular weight is 312 g/mol. The second kappa shape index (κ2) is 6.79. The number of nitro benzene ring substituents is 1. The zero-order chi connectivity index (χ0) is 16.1. The summed E-state index contributed by atoms with van der Waals surface area (Å²) in [5.41, 5.74) is -0.290. The molecule has 0 heterocycles. The van der Waals surface area contributed by atoms with E-state index in [-0.39, 0.29) is 30.3 Å². The molecule has 0 spiro atoms. The molecule has 0 aliphatic heterocycles. The Morgan fingerprint density at radius 3 is 2.50 bits per heavy atom. The fourth-order valence-corrected chi connectivity index (χ4v) is 1.70. The van der Waals surface area contributed by atoms with Gasteiger partial charge in [0.25, 0.3) is 5.69 Å². The van der Waals surface area contributed by atoms with Crippen LogP contribution in [0.5, 0.6) is 5.75 Å². The van der Waals surface area contributed by atoms with Crippen molar-refractivity contribution in [3.63, 3.8) is 0 Å². The van der Waals surface area contributed by atoms with Crippen molar-refractivity contribution in [3.05, 3.63) is 64.0 Å². The van der Waals surface area contributed by atoms with E-state index in [1.807, 2.05) is 0 Å². The van der Waals surface area contributed by atoms with Crippen molar-refractivity contribution in [1.82, 2.24) is 0 Å². The smallest absolute Gasteiger partial charge is 0.272 e. The Balaban J connectivity index is 1.87. The molecule has 0 bridgehead atoms. The lowest BCUT2D eigenvalue weighted by Gasteiger charge is -2.09. The summed E-state index contributed by atoms with van der Waals surface area (Å²) < 4.78 is 44.6. The van der Waals surface area contributed by atoms with Gasteiger partial charge in [0, 0.05) is 18.7 Å². The summed E-state index contributed by atoms with van der Waals surface area (Å²) in [6.07, 6.45) is 0. The highest BCUT2D eigenvalue weighted by atomic mass is 19.1. The Hall–Kier alpha value is -2.77. The number of benzene rings is 2. The maximum atomic E-state index is 13.6. The van der Waals surface area contributed by atoms with Crippen LogP contribution in [-0.4, -0.2) is 18.1 Å². The van der Waals surface area contributed by atoms with Gasteiger partial charge in [-0.1, -0.05) is 0 Å². The number of ether oxygens (including phenoxy) is 1. The van der Waals surface area contributed by atoms with Crippen LogP contribution < -0.4 is 10.1 Å². The molecule has 2 rings (SSSR count). The second-order valence-electron chi connectivity index (χ2n) is 4.27. The fourth-order valence-electron chi connectivity index (χ4n) is 1.70. The van der Waals surface area contributed by atoms with Gasteiger partial charge < -0.3 is 10.1 Å². The van der Waals surface area contributed by atoms with Crippen LogP contribution in [0.4, 0.5) is 24.5 Å². The minimum atomic E-state index is -0.832.